The first kappa shape index (κ1) is 16.7. The number of hydrogen-bond acceptors (Lipinski definition) is 2. The lowest BCUT2D eigenvalue weighted by Gasteiger charge is -2.26. The van der Waals surface area contributed by atoms with Crippen LogP contribution in [0.4, 0.5) is 9.18 Å². The normalized spacial score (nSPS) is 11.2. The summed E-state index contributed by atoms with van der Waals surface area (Å²) in [6.07, 6.45) is 0.514. The summed E-state index contributed by atoms with van der Waals surface area (Å²) in [7, 11) is 0. The summed E-state index contributed by atoms with van der Waals surface area (Å²) in [6.45, 7) is 4.65. The molecule has 112 valence electrons. The van der Waals surface area contributed by atoms with Crippen LogP contribution in [-0.4, -0.2) is 30.8 Å². The number of halogens is 2. The van der Waals surface area contributed by atoms with Crippen LogP contribution in [0, 0.1) is 5.82 Å². The molecule has 0 aliphatic rings. The number of urea groups is 1. The Hall–Kier alpha value is -1.33. The molecule has 6 heteroatoms. The van der Waals surface area contributed by atoms with Crippen molar-refractivity contribution in [2.24, 2.45) is 0 Å². The topological polar surface area (TPSA) is 61.4 Å². The van der Waals surface area contributed by atoms with Gasteiger partial charge in [0.25, 0.3) is 0 Å². The molecule has 0 saturated carbocycles. The van der Waals surface area contributed by atoms with Crippen molar-refractivity contribution < 1.29 is 14.3 Å². The second-order valence-electron chi connectivity index (χ2n) is 5.19. The van der Waals surface area contributed by atoms with E-state index in [9.17, 15) is 9.18 Å². The van der Waals surface area contributed by atoms with Gasteiger partial charge in [0.2, 0.25) is 0 Å². The predicted octanol–water partition coefficient (Wildman–Crippen LogP) is 2.44. The Labute approximate surface area is 123 Å². The summed E-state index contributed by atoms with van der Waals surface area (Å²) in [6, 6.07) is 3.94. The number of nitrogens with one attached hydrogen (secondary N) is 2. The standard InChI is InChI=1S/C14H20ClFN2O2/c1-14(2,9-18-13(20)17-6-3-7-19)11-5-4-10(16)8-12(11)15/h4-5,8,19H,3,6-7,9H2,1-2H3,(H2,17,18,20). The maximum Gasteiger partial charge on any atom is 0.314 e. The minimum atomic E-state index is -0.418. The van der Waals surface area contributed by atoms with Gasteiger partial charge in [-0.3, -0.25) is 0 Å². The van der Waals surface area contributed by atoms with Crippen molar-refractivity contribution in [1.29, 1.82) is 0 Å². The number of amides is 2. The first-order valence-corrected chi connectivity index (χ1v) is 6.82. The van der Waals surface area contributed by atoms with Gasteiger partial charge in [-0.25, -0.2) is 9.18 Å². The van der Waals surface area contributed by atoms with Gasteiger partial charge >= 0.3 is 6.03 Å². The highest BCUT2D eigenvalue weighted by molar-refractivity contribution is 6.31. The molecular formula is C14H20ClFN2O2. The highest BCUT2D eigenvalue weighted by atomic mass is 35.5. The summed E-state index contributed by atoms with van der Waals surface area (Å²) in [5.41, 5.74) is 0.357. The van der Waals surface area contributed by atoms with Crippen molar-refractivity contribution in [3.05, 3.63) is 34.6 Å². The van der Waals surface area contributed by atoms with Crippen LogP contribution in [0.25, 0.3) is 0 Å². The summed E-state index contributed by atoms with van der Waals surface area (Å²) in [4.78, 5) is 11.5. The first-order valence-electron chi connectivity index (χ1n) is 6.45. The van der Waals surface area contributed by atoms with Gasteiger partial charge in [0, 0.05) is 30.1 Å². The van der Waals surface area contributed by atoms with E-state index in [0.29, 0.717) is 24.5 Å². The summed E-state index contributed by atoms with van der Waals surface area (Å²) >= 11 is 6.04. The van der Waals surface area contributed by atoms with E-state index in [1.807, 2.05) is 13.8 Å². The van der Waals surface area contributed by atoms with Gasteiger partial charge in [-0.15, -0.1) is 0 Å². The fourth-order valence-corrected chi connectivity index (χ4v) is 2.20. The molecule has 1 aromatic rings. The Bertz CT molecular complexity index is 466. The molecule has 1 rings (SSSR count). The summed E-state index contributed by atoms with van der Waals surface area (Å²) in [5.74, 6) is -0.385. The second kappa shape index (κ2) is 7.45. The number of aliphatic hydroxyl groups is 1. The van der Waals surface area contributed by atoms with Gasteiger partial charge in [0.15, 0.2) is 0 Å². The molecule has 20 heavy (non-hydrogen) atoms. The molecule has 3 N–H and O–H groups in total. The van der Waals surface area contributed by atoms with Crippen LogP contribution in [0.1, 0.15) is 25.8 Å². The van der Waals surface area contributed by atoms with Gasteiger partial charge < -0.3 is 15.7 Å². The maximum absolute atomic E-state index is 13.0. The Morgan fingerprint density at radius 2 is 2.10 bits per heavy atom. The zero-order chi connectivity index (χ0) is 15.2. The Balaban J connectivity index is 2.58. The molecule has 0 saturated heterocycles. The zero-order valence-electron chi connectivity index (χ0n) is 11.7. The molecule has 0 aliphatic carbocycles. The number of carbonyl (C=O) groups excluding carboxylic acids is 1. The molecule has 0 radical (unpaired) electrons. The van der Waals surface area contributed by atoms with E-state index < -0.39 is 5.41 Å². The van der Waals surface area contributed by atoms with E-state index in [4.69, 9.17) is 16.7 Å². The molecule has 0 unspecified atom stereocenters. The van der Waals surface area contributed by atoms with Gasteiger partial charge in [-0.2, -0.15) is 0 Å². The van der Waals surface area contributed by atoms with Gasteiger partial charge in [0.05, 0.1) is 0 Å². The third-order valence-electron chi connectivity index (χ3n) is 2.97. The van der Waals surface area contributed by atoms with Crippen LogP contribution >= 0.6 is 11.6 Å². The quantitative estimate of drug-likeness (QED) is 0.707. The van der Waals surface area contributed by atoms with Crippen molar-refractivity contribution in [3.63, 3.8) is 0 Å². The molecule has 0 spiro atoms. The average molecular weight is 303 g/mol. The molecule has 0 aliphatic heterocycles. The molecule has 0 fully saturated rings. The SMILES string of the molecule is CC(C)(CNC(=O)NCCCO)c1ccc(F)cc1Cl. The summed E-state index contributed by atoms with van der Waals surface area (Å²) < 4.78 is 13.0. The van der Waals surface area contributed by atoms with Crippen LogP contribution in [0.15, 0.2) is 18.2 Å². The highest BCUT2D eigenvalue weighted by Gasteiger charge is 2.24. The van der Waals surface area contributed by atoms with E-state index in [2.05, 4.69) is 10.6 Å². The van der Waals surface area contributed by atoms with E-state index in [0.717, 1.165) is 5.56 Å². The minimum absolute atomic E-state index is 0.0387. The Kier molecular flexibility index (Phi) is 6.23. The molecule has 1 aromatic carbocycles. The van der Waals surface area contributed by atoms with E-state index in [1.54, 1.807) is 6.07 Å². The van der Waals surface area contributed by atoms with E-state index >= 15 is 0 Å². The summed E-state index contributed by atoms with van der Waals surface area (Å²) in [5, 5.41) is 14.3. The third-order valence-corrected chi connectivity index (χ3v) is 3.28. The Morgan fingerprint density at radius 1 is 1.40 bits per heavy atom. The first-order chi connectivity index (χ1) is 9.36. The van der Waals surface area contributed by atoms with Crippen LogP contribution in [0.3, 0.4) is 0 Å². The highest BCUT2D eigenvalue weighted by Crippen LogP contribution is 2.29. The van der Waals surface area contributed by atoms with Crippen LogP contribution in [-0.2, 0) is 5.41 Å². The monoisotopic (exact) mass is 302 g/mol. The number of carbonyl (C=O) groups is 1. The number of hydrogen-bond donors (Lipinski definition) is 3. The molecule has 0 bridgehead atoms. The molecular weight excluding hydrogens is 283 g/mol. The fraction of sp³-hybridized carbons (Fsp3) is 0.500. The van der Waals surface area contributed by atoms with Crippen LogP contribution < -0.4 is 10.6 Å². The largest absolute Gasteiger partial charge is 0.396 e. The Morgan fingerprint density at radius 3 is 2.70 bits per heavy atom. The van der Waals surface area contributed by atoms with Crippen molar-refractivity contribution in [3.8, 4) is 0 Å². The molecule has 0 heterocycles. The van der Waals surface area contributed by atoms with Crippen molar-refractivity contribution in [2.75, 3.05) is 19.7 Å². The number of benzene rings is 1. The fourth-order valence-electron chi connectivity index (χ4n) is 1.78. The van der Waals surface area contributed by atoms with E-state index in [-0.39, 0.29) is 18.5 Å². The third kappa shape index (κ3) is 4.98. The van der Waals surface area contributed by atoms with Gasteiger partial charge in [-0.1, -0.05) is 31.5 Å². The van der Waals surface area contributed by atoms with Crippen molar-refractivity contribution >= 4 is 17.6 Å². The van der Waals surface area contributed by atoms with Crippen molar-refractivity contribution in [1.82, 2.24) is 10.6 Å². The maximum atomic E-state index is 13.0. The minimum Gasteiger partial charge on any atom is -0.396 e. The van der Waals surface area contributed by atoms with E-state index in [1.165, 1.54) is 12.1 Å². The predicted molar refractivity (Wildman–Crippen MR) is 77.5 cm³/mol. The molecule has 0 aromatic heterocycles. The number of rotatable bonds is 6. The van der Waals surface area contributed by atoms with Gasteiger partial charge in [-0.05, 0) is 24.1 Å². The molecule has 4 nitrogen and oxygen atoms in total. The zero-order valence-corrected chi connectivity index (χ0v) is 12.4. The van der Waals surface area contributed by atoms with Crippen LogP contribution in [0.5, 0.6) is 0 Å². The smallest absolute Gasteiger partial charge is 0.314 e. The lowest BCUT2D eigenvalue weighted by atomic mass is 9.84. The molecule has 2 amide bonds. The number of aliphatic hydroxyl groups excluding tert-OH is 1. The lowest BCUT2D eigenvalue weighted by molar-refractivity contribution is 0.235. The average Bonchev–Trinajstić information content (AvgIpc) is 2.36. The lowest BCUT2D eigenvalue weighted by Crippen LogP contribution is -2.42. The van der Waals surface area contributed by atoms with Crippen molar-refractivity contribution in [2.45, 2.75) is 25.7 Å². The molecule has 0 atom stereocenters. The van der Waals surface area contributed by atoms with Crippen LogP contribution in [0.2, 0.25) is 5.02 Å². The second-order valence-corrected chi connectivity index (χ2v) is 5.60. The van der Waals surface area contributed by atoms with Gasteiger partial charge in [0.1, 0.15) is 5.82 Å².